The van der Waals surface area contributed by atoms with Crippen LogP contribution in [0, 0.1) is 0 Å². The lowest BCUT2D eigenvalue weighted by Gasteiger charge is -2.24. The van der Waals surface area contributed by atoms with Gasteiger partial charge in [-0.2, -0.15) is 0 Å². The van der Waals surface area contributed by atoms with Crippen molar-refractivity contribution in [3.05, 3.63) is 64.7 Å². The molecule has 3 aliphatic heterocycles. The van der Waals surface area contributed by atoms with Crippen LogP contribution in [-0.4, -0.2) is 41.8 Å². The number of nitrogens with one attached hydrogen (secondary N) is 2. The molecule has 7 heteroatoms. The van der Waals surface area contributed by atoms with E-state index < -0.39 is 11.9 Å². The van der Waals surface area contributed by atoms with Crippen molar-refractivity contribution in [1.29, 1.82) is 0 Å². The van der Waals surface area contributed by atoms with E-state index in [1.54, 1.807) is 11.0 Å². The van der Waals surface area contributed by atoms with Gasteiger partial charge in [0, 0.05) is 17.5 Å². The molecule has 172 valence electrons. The fourth-order valence-electron chi connectivity index (χ4n) is 5.08. The third kappa shape index (κ3) is 4.50. The third-order valence-corrected chi connectivity index (χ3v) is 6.96. The predicted octanol–water partition coefficient (Wildman–Crippen LogP) is 2.88. The van der Waals surface area contributed by atoms with Crippen molar-refractivity contribution in [2.45, 2.75) is 57.2 Å². The lowest BCUT2D eigenvalue weighted by molar-refractivity contribution is -0.132. The average Bonchev–Trinajstić information content (AvgIpc) is 3.07. The molecule has 0 bridgehead atoms. The van der Waals surface area contributed by atoms with Crippen LogP contribution in [0.4, 0.5) is 0 Å². The van der Waals surface area contributed by atoms with Crippen LogP contribution < -0.4 is 15.4 Å². The molecule has 2 saturated heterocycles. The van der Waals surface area contributed by atoms with Crippen molar-refractivity contribution in [3.63, 3.8) is 0 Å². The first kappa shape index (κ1) is 21.6. The number of ether oxygens (including phenoxy) is 1. The van der Waals surface area contributed by atoms with Crippen LogP contribution >= 0.6 is 0 Å². The first-order valence-corrected chi connectivity index (χ1v) is 11.8. The van der Waals surface area contributed by atoms with E-state index in [4.69, 9.17) is 4.74 Å². The normalized spacial score (nSPS) is 21.5. The van der Waals surface area contributed by atoms with Crippen LogP contribution in [0.2, 0.25) is 0 Å². The zero-order valence-electron chi connectivity index (χ0n) is 18.6. The standard InChI is InChI=1S/C26H29N3O4/c30-24-6-2-4-22(25(31)28-24)29-15-21-20(26(29)32)3-1-5-23(21)33-16-17-7-9-18(10-8-17)19-11-13-27-14-12-19/h1,3,5,7-10,19,22,27H,2,4,6,11-16H2,(H,28,30,31)/t22-/m0/s1. The summed E-state index contributed by atoms with van der Waals surface area (Å²) in [5, 5.41) is 5.80. The van der Waals surface area contributed by atoms with Crippen molar-refractivity contribution < 1.29 is 19.1 Å². The van der Waals surface area contributed by atoms with Crippen molar-refractivity contribution in [2.24, 2.45) is 0 Å². The minimum Gasteiger partial charge on any atom is -0.489 e. The van der Waals surface area contributed by atoms with E-state index in [9.17, 15) is 14.4 Å². The Morgan fingerprint density at radius 2 is 1.76 bits per heavy atom. The Kier molecular flexibility index (Phi) is 6.13. The van der Waals surface area contributed by atoms with E-state index in [2.05, 4.69) is 34.9 Å². The number of hydrogen-bond donors (Lipinski definition) is 2. The molecule has 33 heavy (non-hydrogen) atoms. The number of carbonyl (C=O) groups excluding carboxylic acids is 3. The van der Waals surface area contributed by atoms with Crippen LogP contribution in [0.5, 0.6) is 5.75 Å². The number of carbonyl (C=O) groups is 3. The van der Waals surface area contributed by atoms with E-state index in [0.717, 1.165) is 24.2 Å². The Morgan fingerprint density at radius 1 is 0.970 bits per heavy atom. The highest BCUT2D eigenvalue weighted by Crippen LogP contribution is 2.34. The number of rotatable bonds is 5. The third-order valence-electron chi connectivity index (χ3n) is 6.96. The van der Waals surface area contributed by atoms with Crippen LogP contribution in [0.25, 0.3) is 0 Å². The molecule has 3 amide bonds. The van der Waals surface area contributed by atoms with Crippen molar-refractivity contribution in [3.8, 4) is 5.75 Å². The fraction of sp³-hybridized carbons (Fsp3) is 0.423. The number of piperidine rings is 1. The summed E-state index contributed by atoms with van der Waals surface area (Å²) in [6.45, 7) is 2.87. The second-order valence-electron chi connectivity index (χ2n) is 9.09. The average molecular weight is 448 g/mol. The Balaban J connectivity index is 1.27. The molecule has 1 atom stereocenters. The summed E-state index contributed by atoms with van der Waals surface area (Å²) >= 11 is 0. The van der Waals surface area contributed by atoms with Crippen molar-refractivity contribution in [1.82, 2.24) is 15.5 Å². The van der Waals surface area contributed by atoms with E-state index in [-0.39, 0.29) is 11.8 Å². The lowest BCUT2D eigenvalue weighted by Crippen LogP contribution is -2.46. The Hall–Kier alpha value is -3.19. The largest absolute Gasteiger partial charge is 0.489 e. The Bertz CT molecular complexity index is 1060. The minimum atomic E-state index is -0.633. The van der Waals surface area contributed by atoms with Gasteiger partial charge in [0.15, 0.2) is 0 Å². The Morgan fingerprint density at radius 3 is 2.55 bits per heavy atom. The molecule has 3 aliphatic rings. The van der Waals surface area contributed by atoms with Crippen LogP contribution in [0.1, 0.15) is 65.1 Å². The summed E-state index contributed by atoms with van der Waals surface area (Å²) in [5.41, 5.74) is 3.82. The number of fused-ring (bicyclic) bond motifs is 1. The van der Waals surface area contributed by atoms with Gasteiger partial charge >= 0.3 is 0 Å². The lowest BCUT2D eigenvalue weighted by atomic mass is 9.90. The van der Waals surface area contributed by atoms with Gasteiger partial charge in [-0.05, 0) is 68.0 Å². The quantitative estimate of drug-likeness (QED) is 0.689. The SMILES string of the molecule is O=C1CCC[C@H](N2Cc3c(OCc4ccc(C5CCNCC5)cc4)cccc3C2=O)C(=O)N1. The zero-order valence-corrected chi connectivity index (χ0v) is 18.6. The minimum absolute atomic E-state index is 0.184. The molecule has 7 nitrogen and oxygen atoms in total. The maximum absolute atomic E-state index is 13.1. The van der Waals surface area contributed by atoms with Gasteiger partial charge in [0.1, 0.15) is 18.4 Å². The highest BCUT2D eigenvalue weighted by Gasteiger charge is 2.39. The summed E-state index contributed by atoms with van der Waals surface area (Å²) in [7, 11) is 0. The molecule has 0 saturated carbocycles. The molecule has 2 aromatic rings. The zero-order chi connectivity index (χ0) is 22.8. The second kappa shape index (κ2) is 9.35. The topological polar surface area (TPSA) is 87.7 Å². The molecule has 0 aliphatic carbocycles. The van der Waals surface area contributed by atoms with Gasteiger partial charge in [-0.15, -0.1) is 0 Å². The smallest absolute Gasteiger partial charge is 0.255 e. The molecule has 2 N–H and O–H groups in total. The molecule has 0 unspecified atom stereocenters. The number of hydrogen-bond acceptors (Lipinski definition) is 5. The number of amides is 3. The maximum atomic E-state index is 13.1. The maximum Gasteiger partial charge on any atom is 0.255 e. The first-order valence-electron chi connectivity index (χ1n) is 11.8. The van der Waals surface area contributed by atoms with Crippen LogP contribution in [0.15, 0.2) is 42.5 Å². The molecule has 2 aromatic carbocycles. The second-order valence-corrected chi connectivity index (χ2v) is 9.09. The van der Waals surface area contributed by atoms with Gasteiger partial charge in [0.05, 0.1) is 6.54 Å². The highest BCUT2D eigenvalue weighted by molar-refractivity contribution is 6.04. The van der Waals surface area contributed by atoms with Gasteiger partial charge < -0.3 is 15.0 Å². The molecular formula is C26H29N3O4. The van der Waals surface area contributed by atoms with Crippen LogP contribution in [0.3, 0.4) is 0 Å². The highest BCUT2D eigenvalue weighted by atomic mass is 16.5. The number of imide groups is 1. The van der Waals surface area contributed by atoms with E-state index in [0.29, 0.717) is 49.6 Å². The molecule has 0 spiro atoms. The molecule has 0 radical (unpaired) electrons. The van der Waals surface area contributed by atoms with Crippen molar-refractivity contribution >= 4 is 17.7 Å². The molecule has 0 aromatic heterocycles. The fourth-order valence-corrected chi connectivity index (χ4v) is 5.08. The molecule has 5 rings (SSSR count). The van der Waals surface area contributed by atoms with E-state index in [1.807, 2.05) is 12.1 Å². The monoisotopic (exact) mass is 447 g/mol. The summed E-state index contributed by atoms with van der Waals surface area (Å²) < 4.78 is 6.13. The van der Waals surface area contributed by atoms with Gasteiger partial charge in [0.2, 0.25) is 11.8 Å². The van der Waals surface area contributed by atoms with Crippen molar-refractivity contribution in [2.75, 3.05) is 13.1 Å². The van der Waals surface area contributed by atoms with Gasteiger partial charge in [-0.1, -0.05) is 30.3 Å². The predicted molar refractivity (Wildman–Crippen MR) is 123 cm³/mol. The first-order chi connectivity index (χ1) is 16.1. The summed E-state index contributed by atoms with van der Waals surface area (Å²) in [4.78, 5) is 38.8. The van der Waals surface area contributed by atoms with Gasteiger partial charge in [0.25, 0.3) is 5.91 Å². The van der Waals surface area contributed by atoms with Gasteiger partial charge in [-0.3, -0.25) is 19.7 Å². The number of nitrogens with zero attached hydrogens (tertiary/aromatic N) is 1. The van der Waals surface area contributed by atoms with E-state index >= 15 is 0 Å². The van der Waals surface area contributed by atoms with Gasteiger partial charge in [-0.25, -0.2) is 0 Å². The summed E-state index contributed by atoms with van der Waals surface area (Å²) in [5.74, 6) is 0.427. The number of benzene rings is 2. The van der Waals surface area contributed by atoms with E-state index in [1.165, 1.54) is 18.4 Å². The van der Waals surface area contributed by atoms with Crippen LogP contribution in [-0.2, 0) is 22.7 Å². The molecular weight excluding hydrogens is 418 g/mol. The summed E-state index contributed by atoms with van der Waals surface area (Å²) in [6.07, 6.45) is 3.71. The molecule has 3 heterocycles. The molecule has 2 fully saturated rings. The Labute approximate surface area is 193 Å². The summed E-state index contributed by atoms with van der Waals surface area (Å²) in [6, 6.07) is 13.4.